The zero-order chi connectivity index (χ0) is 24.1. The molecule has 0 radical (unpaired) electrons. The van der Waals surface area contributed by atoms with Crippen molar-refractivity contribution in [1.29, 1.82) is 0 Å². The van der Waals surface area contributed by atoms with E-state index in [0.29, 0.717) is 33.0 Å². The molecule has 0 saturated carbocycles. The molecule has 4 rings (SSSR count). The van der Waals surface area contributed by atoms with Crippen LogP contribution in [0, 0.1) is 0 Å². The number of hydrogen-bond donors (Lipinski definition) is 0. The zero-order valence-corrected chi connectivity index (χ0v) is 20.5. The van der Waals surface area contributed by atoms with Gasteiger partial charge in [-0.15, -0.1) is 0 Å². The quantitative estimate of drug-likeness (QED) is 0.271. The Morgan fingerprint density at radius 1 is 0.629 bits per heavy atom. The molecule has 1 saturated heterocycles. The number of rotatable bonds is 14. The van der Waals surface area contributed by atoms with Crippen LogP contribution in [-0.2, 0) is 43.5 Å². The van der Waals surface area contributed by atoms with Crippen molar-refractivity contribution in [3.63, 3.8) is 0 Å². The maximum atomic E-state index is 6.43. The molecular formula is C30H36O5. The Balaban J connectivity index is 1.45. The van der Waals surface area contributed by atoms with Crippen LogP contribution in [0.5, 0.6) is 0 Å². The molecule has 0 spiro atoms. The van der Waals surface area contributed by atoms with Crippen molar-refractivity contribution in [2.75, 3.05) is 13.2 Å². The fourth-order valence-corrected chi connectivity index (χ4v) is 4.08. The molecule has 1 heterocycles. The van der Waals surface area contributed by atoms with Gasteiger partial charge in [-0.05, 0) is 23.1 Å². The van der Waals surface area contributed by atoms with Crippen LogP contribution in [0.25, 0.3) is 0 Å². The van der Waals surface area contributed by atoms with Crippen molar-refractivity contribution in [2.24, 2.45) is 0 Å². The molecule has 5 nitrogen and oxygen atoms in total. The number of ether oxygens (including phenoxy) is 5. The van der Waals surface area contributed by atoms with Gasteiger partial charge in [-0.1, -0.05) is 104 Å². The Morgan fingerprint density at radius 3 is 1.69 bits per heavy atom. The SMILES string of the molecule is CCCCO[C@@H]1O[C@H](COCc2ccccc2)[C@@H](OCc2ccccc2)[C@H]1OCc1ccccc1. The number of hydrogen-bond acceptors (Lipinski definition) is 5. The van der Waals surface area contributed by atoms with Gasteiger partial charge in [0.25, 0.3) is 0 Å². The van der Waals surface area contributed by atoms with E-state index in [2.05, 4.69) is 43.3 Å². The fourth-order valence-electron chi connectivity index (χ4n) is 4.08. The second-order valence-corrected chi connectivity index (χ2v) is 8.79. The molecule has 0 unspecified atom stereocenters. The molecule has 0 aliphatic carbocycles. The molecule has 1 aliphatic heterocycles. The van der Waals surface area contributed by atoms with Crippen LogP contribution < -0.4 is 0 Å². The fraction of sp³-hybridized carbons (Fsp3) is 0.400. The van der Waals surface area contributed by atoms with Crippen LogP contribution in [0.15, 0.2) is 91.0 Å². The van der Waals surface area contributed by atoms with Gasteiger partial charge in [-0.2, -0.15) is 0 Å². The lowest BCUT2D eigenvalue weighted by molar-refractivity contribution is -0.185. The summed E-state index contributed by atoms with van der Waals surface area (Å²) < 4.78 is 31.4. The minimum absolute atomic E-state index is 0.296. The smallest absolute Gasteiger partial charge is 0.186 e. The van der Waals surface area contributed by atoms with Gasteiger partial charge in [0.1, 0.15) is 18.3 Å². The van der Waals surface area contributed by atoms with Gasteiger partial charge in [-0.3, -0.25) is 0 Å². The molecule has 3 aromatic rings. The summed E-state index contributed by atoms with van der Waals surface area (Å²) in [5.74, 6) is 0. The van der Waals surface area contributed by atoms with E-state index in [-0.39, 0.29) is 18.3 Å². The third-order valence-corrected chi connectivity index (χ3v) is 6.01. The third kappa shape index (κ3) is 7.99. The zero-order valence-electron chi connectivity index (χ0n) is 20.5. The number of unbranched alkanes of at least 4 members (excludes halogenated alkanes) is 1. The minimum Gasteiger partial charge on any atom is -0.374 e. The Labute approximate surface area is 208 Å². The summed E-state index contributed by atoms with van der Waals surface area (Å²) in [7, 11) is 0. The van der Waals surface area contributed by atoms with E-state index in [4.69, 9.17) is 23.7 Å². The molecule has 0 N–H and O–H groups in total. The summed E-state index contributed by atoms with van der Waals surface area (Å²) in [4.78, 5) is 0. The van der Waals surface area contributed by atoms with E-state index in [0.717, 1.165) is 29.5 Å². The summed E-state index contributed by atoms with van der Waals surface area (Å²) in [5.41, 5.74) is 3.33. The van der Waals surface area contributed by atoms with E-state index < -0.39 is 6.29 Å². The predicted octanol–water partition coefficient (Wildman–Crippen LogP) is 5.92. The highest BCUT2D eigenvalue weighted by molar-refractivity contribution is 5.15. The normalized spacial score (nSPS) is 21.9. The first-order valence-electron chi connectivity index (χ1n) is 12.5. The largest absolute Gasteiger partial charge is 0.374 e. The van der Waals surface area contributed by atoms with Crippen LogP contribution in [0.1, 0.15) is 36.5 Å². The number of benzene rings is 3. The van der Waals surface area contributed by atoms with E-state index in [9.17, 15) is 0 Å². The van der Waals surface area contributed by atoms with Crippen LogP contribution in [0.4, 0.5) is 0 Å². The standard InChI is InChI=1S/C30H36O5/c1-2-3-19-32-30-29(34-22-26-17-11-6-12-18-26)28(33-21-25-15-9-5-10-16-25)27(35-30)23-31-20-24-13-7-4-8-14-24/h4-18,27-30H,2-3,19-23H2,1H3/t27-,28-,29-,30-/m1/s1. The van der Waals surface area contributed by atoms with E-state index >= 15 is 0 Å². The maximum absolute atomic E-state index is 6.43. The first-order valence-corrected chi connectivity index (χ1v) is 12.5. The van der Waals surface area contributed by atoms with Crippen molar-refractivity contribution in [1.82, 2.24) is 0 Å². The lowest BCUT2D eigenvalue weighted by atomic mass is 10.1. The van der Waals surface area contributed by atoms with Crippen molar-refractivity contribution in [3.05, 3.63) is 108 Å². The average Bonchev–Trinajstić information content (AvgIpc) is 3.24. The lowest BCUT2D eigenvalue weighted by Crippen LogP contribution is -2.39. The molecule has 186 valence electrons. The second-order valence-electron chi connectivity index (χ2n) is 8.79. The lowest BCUT2D eigenvalue weighted by Gasteiger charge is -2.25. The highest BCUT2D eigenvalue weighted by atomic mass is 16.7. The van der Waals surface area contributed by atoms with Gasteiger partial charge in [0.15, 0.2) is 6.29 Å². The summed E-state index contributed by atoms with van der Waals surface area (Å²) >= 11 is 0. The predicted molar refractivity (Wildman–Crippen MR) is 136 cm³/mol. The molecule has 3 aromatic carbocycles. The van der Waals surface area contributed by atoms with Crippen LogP contribution in [0.2, 0.25) is 0 Å². The van der Waals surface area contributed by atoms with Crippen molar-refractivity contribution in [2.45, 2.75) is 64.2 Å². The molecule has 0 amide bonds. The highest BCUT2D eigenvalue weighted by Crippen LogP contribution is 2.30. The first-order chi connectivity index (χ1) is 17.3. The van der Waals surface area contributed by atoms with Gasteiger partial charge in [0, 0.05) is 6.61 Å². The van der Waals surface area contributed by atoms with Crippen molar-refractivity contribution < 1.29 is 23.7 Å². The molecule has 0 bridgehead atoms. The van der Waals surface area contributed by atoms with E-state index in [1.54, 1.807) is 0 Å². The molecule has 5 heteroatoms. The van der Waals surface area contributed by atoms with Gasteiger partial charge in [0.2, 0.25) is 0 Å². The van der Waals surface area contributed by atoms with Crippen LogP contribution in [-0.4, -0.2) is 37.8 Å². The molecular weight excluding hydrogens is 440 g/mol. The molecule has 1 fully saturated rings. The monoisotopic (exact) mass is 476 g/mol. The summed E-state index contributed by atoms with van der Waals surface area (Å²) in [5, 5.41) is 0. The van der Waals surface area contributed by atoms with Gasteiger partial charge in [-0.25, -0.2) is 0 Å². The van der Waals surface area contributed by atoms with Crippen molar-refractivity contribution in [3.8, 4) is 0 Å². The summed E-state index contributed by atoms with van der Waals surface area (Å²) in [6.45, 7) is 4.61. The van der Waals surface area contributed by atoms with E-state index in [1.807, 2.05) is 54.6 Å². The van der Waals surface area contributed by atoms with Crippen LogP contribution in [0.3, 0.4) is 0 Å². The summed E-state index contributed by atoms with van der Waals surface area (Å²) in [6.07, 6.45) is 0.545. The highest BCUT2D eigenvalue weighted by Gasteiger charge is 2.47. The molecule has 35 heavy (non-hydrogen) atoms. The second kappa shape index (κ2) is 14.1. The average molecular weight is 477 g/mol. The third-order valence-electron chi connectivity index (χ3n) is 6.01. The molecule has 0 aromatic heterocycles. The molecule has 4 atom stereocenters. The van der Waals surface area contributed by atoms with Gasteiger partial charge >= 0.3 is 0 Å². The van der Waals surface area contributed by atoms with Gasteiger partial charge < -0.3 is 23.7 Å². The van der Waals surface area contributed by atoms with E-state index in [1.165, 1.54) is 0 Å². The maximum Gasteiger partial charge on any atom is 0.186 e. The Hall–Kier alpha value is -2.54. The molecule has 1 aliphatic rings. The Kier molecular flexibility index (Phi) is 10.3. The first kappa shape index (κ1) is 25.5. The Bertz CT molecular complexity index is 950. The topological polar surface area (TPSA) is 46.2 Å². The summed E-state index contributed by atoms with van der Waals surface area (Å²) in [6, 6.07) is 30.5. The van der Waals surface area contributed by atoms with Crippen molar-refractivity contribution >= 4 is 0 Å². The Morgan fingerprint density at radius 2 is 1.14 bits per heavy atom. The minimum atomic E-state index is -0.503. The van der Waals surface area contributed by atoms with Crippen LogP contribution >= 0.6 is 0 Å². The van der Waals surface area contributed by atoms with Gasteiger partial charge in [0.05, 0.1) is 26.4 Å².